The second-order valence-corrected chi connectivity index (χ2v) is 6.35. The van der Waals surface area contributed by atoms with Gasteiger partial charge in [0.1, 0.15) is 36.6 Å². The van der Waals surface area contributed by atoms with Gasteiger partial charge in [-0.2, -0.15) is 0 Å². The average Bonchev–Trinajstić information content (AvgIpc) is 2.68. The van der Waals surface area contributed by atoms with Crippen molar-refractivity contribution in [3.8, 4) is 0 Å². The van der Waals surface area contributed by atoms with Gasteiger partial charge in [0.05, 0.1) is 13.2 Å². The number of carbonyl (C=O) groups is 2. The molecule has 0 amide bonds. The Balaban J connectivity index is 4.74. The molecule has 0 aliphatic carbocycles. The molecule has 0 fully saturated rings. The molecule has 0 aromatic rings. The Hall–Kier alpha value is -1.23. The number of hydrogen-bond donors (Lipinski definition) is 10. The van der Waals surface area contributed by atoms with E-state index in [1.807, 2.05) is 0 Å². The molecule has 10 N–H and O–H groups in total. The van der Waals surface area contributed by atoms with E-state index in [9.17, 15) is 44.8 Å². The molecule has 0 saturated heterocycles. The topological polar surface area (TPSA) is 272 Å². The van der Waals surface area contributed by atoms with Gasteiger partial charge in [-0.15, -0.1) is 0 Å². The van der Waals surface area contributed by atoms with Gasteiger partial charge in [-0.1, -0.05) is 0 Å². The SMILES string of the molecule is O=C(O[PH](=O)OC(=O)[C@H](O)[C@@H](O)[C@H](O)[C@H](O)CO)[C@H](O)[C@@H](O)[C@H](O)[C@H](O)CO. The van der Waals surface area contributed by atoms with Crippen LogP contribution >= 0.6 is 8.25 Å². The highest BCUT2D eigenvalue weighted by atomic mass is 31.1. The zero-order valence-corrected chi connectivity index (χ0v) is 15.0. The molecule has 0 unspecified atom stereocenters. The highest BCUT2D eigenvalue weighted by Gasteiger charge is 2.38. The molecule has 0 aromatic carbocycles. The molecular weight excluding hydrogens is 415 g/mol. The van der Waals surface area contributed by atoms with Crippen molar-refractivity contribution < 1.29 is 74.3 Å². The smallest absolute Gasteiger partial charge is 0.394 e. The van der Waals surface area contributed by atoms with Gasteiger partial charge in [-0.05, 0) is 0 Å². The van der Waals surface area contributed by atoms with Crippen LogP contribution in [0, 0.1) is 0 Å². The van der Waals surface area contributed by atoms with Gasteiger partial charge in [0.2, 0.25) is 0 Å². The lowest BCUT2D eigenvalue weighted by atomic mass is 10.0. The Morgan fingerprint density at radius 3 is 1.18 bits per heavy atom. The zero-order valence-electron chi connectivity index (χ0n) is 14.0. The predicted molar refractivity (Wildman–Crippen MR) is 83.4 cm³/mol. The molecule has 0 heterocycles. The molecule has 16 heteroatoms. The summed E-state index contributed by atoms with van der Waals surface area (Å²) in [4.78, 5) is 22.9. The minimum Gasteiger partial charge on any atom is -0.394 e. The van der Waals surface area contributed by atoms with Gasteiger partial charge in [-0.25, -0.2) is 14.2 Å². The van der Waals surface area contributed by atoms with Crippen LogP contribution < -0.4 is 0 Å². The molecule has 0 aliphatic rings. The van der Waals surface area contributed by atoms with Crippen molar-refractivity contribution in [3.05, 3.63) is 0 Å². The van der Waals surface area contributed by atoms with Gasteiger partial charge < -0.3 is 60.1 Å². The number of aliphatic hydroxyl groups is 10. The van der Waals surface area contributed by atoms with Crippen LogP contribution in [0.4, 0.5) is 0 Å². The van der Waals surface area contributed by atoms with Gasteiger partial charge >= 0.3 is 20.2 Å². The first-order valence-corrected chi connectivity index (χ1v) is 8.75. The van der Waals surface area contributed by atoms with Crippen LogP contribution in [-0.4, -0.2) is 125 Å². The fourth-order valence-corrected chi connectivity index (χ4v) is 2.24. The molecule has 0 rings (SSSR count). The fourth-order valence-electron chi connectivity index (χ4n) is 1.63. The van der Waals surface area contributed by atoms with Crippen molar-refractivity contribution in [2.75, 3.05) is 13.2 Å². The fraction of sp³-hybridized carbons (Fsp3) is 0.833. The molecular formula is C12H23O15P. The lowest BCUT2D eigenvalue weighted by molar-refractivity contribution is -0.165. The van der Waals surface area contributed by atoms with E-state index < -0.39 is 82.2 Å². The highest BCUT2D eigenvalue weighted by Crippen LogP contribution is 2.27. The minimum absolute atomic E-state index is 1.04. The number of carbonyl (C=O) groups excluding carboxylic acids is 2. The Kier molecular flexibility index (Phi) is 11.8. The Labute approximate surface area is 157 Å². The average molecular weight is 438 g/mol. The molecule has 0 bridgehead atoms. The van der Waals surface area contributed by atoms with E-state index in [2.05, 4.69) is 9.05 Å². The first-order valence-electron chi connectivity index (χ1n) is 7.52. The van der Waals surface area contributed by atoms with E-state index in [1.54, 1.807) is 0 Å². The van der Waals surface area contributed by atoms with Crippen LogP contribution in [0.1, 0.15) is 0 Å². The van der Waals surface area contributed by atoms with Gasteiger partial charge in [0.15, 0.2) is 12.2 Å². The quantitative estimate of drug-likeness (QED) is 0.127. The van der Waals surface area contributed by atoms with Crippen LogP contribution in [0.25, 0.3) is 0 Å². The molecule has 28 heavy (non-hydrogen) atoms. The van der Waals surface area contributed by atoms with Crippen LogP contribution in [0.3, 0.4) is 0 Å². The first-order chi connectivity index (χ1) is 12.9. The third kappa shape index (κ3) is 7.65. The lowest BCUT2D eigenvalue weighted by Crippen LogP contribution is -2.49. The van der Waals surface area contributed by atoms with Crippen molar-refractivity contribution >= 4 is 20.2 Å². The van der Waals surface area contributed by atoms with E-state index in [4.69, 9.17) is 20.4 Å². The third-order valence-corrected chi connectivity index (χ3v) is 4.10. The number of aliphatic hydroxyl groups excluding tert-OH is 10. The lowest BCUT2D eigenvalue weighted by Gasteiger charge is -2.25. The number of hydrogen-bond acceptors (Lipinski definition) is 15. The van der Waals surface area contributed by atoms with Gasteiger partial charge in [-0.3, -0.25) is 0 Å². The van der Waals surface area contributed by atoms with Crippen molar-refractivity contribution in [1.82, 2.24) is 0 Å². The largest absolute Gasteiger partial charge is 0.423 e. The van der Waals surface area contributed by atoms with E-state index in [0.29, 0.717) is 0 Å². The standard InChI is InChI=1S/C12H23O15P/c13-1-3(15)5(17)7(19)9(21)11(23)26-28(25)27-12(24)10(22)8(20)6(18)4(16)2-14/h3-10,13-22,28H,1-2H2/t3-,4-,5-,6-,7+,8+,9-,10-/m1/s1. The molecule has 0 spiro atoms. The molecule has 0 radical (unpaired) electrons. The van der Waals surface area contributed by atoms with Crippen LogP contribution in [-0.2, 0) is 23.2 Å². The van der Waals surface area contributed by atoms with Crippen LogP contribution in [0.2, 0.25) is 0 Å². The summed E-state index contributed by atoms with van der Waals surface area (Å²) in [6, 6.07) is 0. The minimum atomic E-state index is -4.12. The van der Waals surface area contributed by atoms with E-state index in [-0.39, 0.29) is 0 Å². The van der Waals surface area contributed by atoms with Crippen LogP contribution in [0.5, 0.6) is 0 Å². The number of rotatable bonds is 12. The van der Waals surface area contributed by atoms with Gasteiger partial charge in [0, 0.05) is 0 Å². The Bertz CT molecular complexity index is 485. The Morgan fingerprint density at radius 1 is 0.643 bits per heavy atom. The monoisotopic (exact) mass is 438 g/mol. The summed E-state index contributed by atoms with van der Waals surface area (Å²) < 4.78 is 19.4. The maximum atomic E-state index is 11.5. The van der Waals surface area contributed by atoms with E-state index in [1.165, 1.54) is 0 Å². The normalized spacial score (nSPS) is 20.4. The van der Waals surface area contributed by atoms with Crippen molar-refractivity contribution in [2.24, 2.45) is 0 Å². The molecule has 166 valence electrons. The summed E-state index contributed by atoms with van der Waals surface area (Å²) >= 11 is 0. The van der Waals surface area contributed by atoms with Crippen LogP contribution in [0.15, 0.2) is 0 Å². The molecule has 0 saturated carbocycles. The summed E-state index contributed by atoms with van der Waals surface area (Å²) in [7, 11) is -4.12. The van der Waals surface area contributed by atoms with Gasteiger partial charge in [0.25, 0.3) is 0 Å². The molecule has 15 nitrogen and oxygen atoms in total. The summed E-state index contributed by atoms with van der Waals surface area (Å²) in [5.41, 5.74) is 0. The summed E-state index contributed by atoms with van der Waals surface area (Å²) in [5.74, 6) is -3.75. The maximum absolute atomic E-state index is 11.5. The third-order valence-electron chi connectivity index (χ3n) is 3.36. The Morgan fingerprint density at radius 2 is 0.929 bits per heavy atom. The van der Waals surface area contributed by atoms with Crippen molar-refractivity contribution in [3.63, 3.8) is 0 Å². The predicted octanol–water partition coefficient (Wildman–Crippen LogP) is -6.67. The van der Waals surface area contributed by atoms with E-state index in [0.717, 1.165) is 0 Å². The summed E-state index contributed by atoms with van der Waals surface area (Å²) in [5, 5.41) is 91.8. The molecule has 8 atom stereocenters. The highest BCUT2D eigenvalue weighted by molar-refractivity contribution is 7.34. The van der Waals surface area contributed by atoms with Crippen molar-refractivity contribution in [2.45, 2.75) is 48.8 Å². The molecule has 0 aromatic heterocycles. The second-order valence-electron chi connectivity index (χ2n) is 5.44. The maximum Gasteiger partial charge on any atom is 0.423 e. The summed E-state index contributed by atoms with van der Waals surface area (Å²) in [6.45, 7) is -2.07. The second kappa shape index (κ2) is 12.4. The summed E-state index contributed by atoms with van der Waals surface area (Å²) in [6.07, 6.45) is -18.2. The zero-order chi connectivity index (χ0) is 22.2. The van der Waals surface area contributed by atoms with Crippen molar-refractivity contribution in [1.29, 1.82) is 0 Å². The molecule has 0 aliphatic heterocycles. The van der Waals surface area contributed by atoms with E-state index >= 15 is 0 Å². The first kappa shape index (κ1) is 26.8.